The van der Waals surface area contributed by atoms with Crippen LogP contribution in [0, 0.1) is 0 Å². The summed E-state index contributed by atoms with van der Waals surface area (Å²) < 4.78 is 10.2. The van der Waals surface area contributed by atoms with Crippen molar-refractivity contribution in [2.24, 2.45) is 4.99 Å². The number of nitrogens with zero attached hydrogens (tertiary/aromatic N) is 1. The van der Waals surface area contributed by atoms with E-state index in [9.17, 15) is 0 Å². The van der Waals surface area contributed by atoms with Gasteiger partial charge in [-0.2, -0.15) is 0 Å². The lowest BCUT2D eigenvalue weighted by Crippen LogP contribution is -1.84. The maximum absolute atomic E-state index is 5.15. The number of benzene rings is 2. The summed E-state index contributed by atoms with van der Waals surface area (Å²) in [5.74, 6) is 1.65. The van der Waals surface area contributed by atoms with Gasteiger partial charge in [0.2, 0.25) is 0 Å². The molecule has 0 amide bonds. The lowest BCUT2D eigenvalue weighted by molar-refractivity contribution is 0.415. The van der Waals surface area contributed by atoms with Gasteiger partial charge in [-0.15, -0.1) is 0 Å². The predicted octanol–water partition coefficient (Wildman–Crippen LogP) is 3.45. The highest BCUT2D eigenvalue weighted by Crippen LogP contribution is 2.19. The third-order valence-corrected chi connectivity index (χ3v) is 2.53. The van der Waals surface area contributed by atoms with Crippen molar-refractivity contribution in [3.8, 4) is 11.5 Å². The smallest absolute Gasteiger partial charge is 0.121 e. The van der Waals surface area contributed by atoms with Gasteiger partial charge < -0.3 is 9.47 Å². The van der Waals surface area contributed by atoms with Crippen molar-refractivity contribution in [3.05, 3.63) is 54.1 Å². The molecule has 3 nitrogen and oxygen atoms in total. The summed E-state index contributed by atoms with van der Waals surface area (Å²) in [7, 11) is 3.30. The van der Waals surface area contributed by atoms with E-state index in [1.165, 1.54) is 0 Å². The van der Waals surface area contributed by atoms with E-state index in [2.05, 4.69) is 4.99 Å². The van der Waals surface area contributed by atoms with Crippen LogP contribution in [0.4, 0.5) is 5.69 Å². The third-order valence-electron chi connectivity index (χ3n) is 2.53. The van der Waals surface area contributed by atoms with Crippen molar-refractivity contribution < 1.29 is 9.47 Å². The van der Waals surface area contributed by atoms with E-state index in [-0.39, 0.29) is 0 Å². The molecule has 0 bridgehead atoms. The summed E-state index contributed by atoms with van der Waals surface area (Å²) in [5, 5.41) is 0. The Balaban J connectivity index is 2.13. The summed E-state index contributed by atoms with van der Waals surface area (Å²) in [6.45, 7) is 0. The molecule has 0 aliphatic heterocycles. The lowest BCUT2D eigenvalue weighted by Gasteiger charge is -2.00. The predicted molar refractivity (Wildman–Crippen MR) is 73.2 cm³/mol. The topological polar surface area (TPSA) is 30.8 Å². The van der Waals surface area contributed by atoms with Crippen LogP contribution >= 0.6 is 0 Å². The van der Waals surface area contributed by atoms with Crippen LogP contribution in [0.5, 0.6) is 11.5 Å². The molecule has 0 fully saturated rings. The number of methoxy groups -OCH3 is 2. The molecule has 0 spiro atoms. The monoisotopic (exact) mass is 241 g/mol. The Morgan fingerprint density at radius 2 is 1.61 bits per heavy atom. The molecule has 0 aliphatic rings. The van der Waals surface area contributed by atoms with Crippen LogP contribution in [-0.4, -0.2) is 20.4 Å². The number of ether oxygens (including phenoxy) is 2. The summed E-state index contributed by atoms with van der Waals surface area (Å²) in [4.78, 5) is 4.39. The van der Waals surface area contributed by atoms with Crippen LogP contribution < -0.4 is 9.47 Å². The second-order valence-electron chi connectivity index (χ2n) is 3.73. The highest BCUT2D eigenvalue weighted by atomic mass is 16.5. The van der Waals surface area contributed by atoms with Crippen LogP contribution in [0.2, 0.25) is 0 Å². The summed E-state index contributed by atoms with van der Waals surface area (Å²) in [6, 6.07) is 15.4. The van der Waals surface area contributed by atoms with Crippen molar-refractivity contribution in [1.29, 1.82) is 0 Å². The molecule has 0 saturated heterocycles. The Kier molecular flexibility index (Phi) is 3.97. The SMILES string of the molecule is COc1ccc(/C=N/c2cccc(OC)c2)cc1. The molecule has 2 rings (SSSR count). The zero-order valence-electron chi connectivity index (χ0n) is 10.5. The Hall–Kier alpha value is -2.29. The van der Waals surface area contributed by atoms with Gasteiger partial charge in [0.15, 0.2) is 0 Å². The summed E-state index contributed by atoms with van der Waals surface area (Å²) in [6.07, 6.45) is 1.81. The molecule has 0 aliphatic carbocycles. The maximum Gasteiger partial charge on any atom is 0.121 e. The van der Waals surface area contributed by atoms with Crippen molar-refractivity contribution in [1.82, 2.24) is 0 Å². The first-order valence-electron chi connectivity index (χ1n) is 5.64. The van der Waals surface area contributed by atoms with E-state index in [4.69, 9.17) is 9.47 Å². The van der Waals surface area contributed by atoms with Crippen LogP contribution in [0.15, 0.2) is 53.5 Å². The van der Waals surface area contributed by atoms with Gasteiger partial charge in [0, 0.05) is 12.3 Å². The Bertz CT molecular complexity index is 532. The summed E-state index contributed by atoms with van der Waals surface area (Å²) in [5.41, 5.74) is 1.89. The number of hydrogen-bond acceptors (Lipinski definition) is 3. The molecular weight excluding hydrogens is 226 g/mol. The van der Waals surface area contributed by atoms with E-state index in [0.717, 1.165) is 22.7 Å². The van der Waals surface area contributed by atoms with Gasteiger partial charge in [-0.3, -0.25) is 4.99 Å². The fourth-order valence-electron chi connectivity index (χ4n) is 1.53. The fourth-order valence-corrected chi connectivity index (χ4v) is 1.53. The number of hydrogen-bond donors (Lipinski definition) is 0. The van der Waals surface area contributed by atoms with Crippen LogP contribution in [0.25, 0.3) is 0 Å². The van der Waals surface area contributed by atoms with Gasteiger partial charge in [0.1, 0.15) is 11.5 Å². The first-order chi connectivity index (χ1) is 8.81. The average molecular weight is 241 g/mol. The van der Waals surface area contributed by atoms with Crippen molar-refractivity contribution >= 4 is 11.9 Å². The fraction of sp³-hybridized carbons (Fsp3) is 0.133. The van der Waals surface area contributed by atoms with Crippen molar-refractivity contribution in [2.75, 3.05) is 14.2 Å². The molecule has 0 radical (unpaired) electrons. The number of aliphatic imine (C=N–C) groups is 1. The number of rotatable bonds is 4. The minimum absolute atomic E-state index is 0.805. The van der Waals surface area contributed by atoms with E-state index < -0.39 is 0 Å². The van der Waals surface area contributed by atoms with Crippen molar-refractivity contribution in [2.45, 2.75) is 0 Å². The van der Waals surface area contributed by atoms with Gasteiger partial charge in [-0.25, -0.2) is 0 Å². The van der Waals surface area contributed by atoms with Gasteiger partial charge in [-0.1, -0.05) is 6.07 Å². The molecule has 0 atom stereocenters. The first-order valence-corrected chi connectivity index (χ1v) is 5.64. The molecule has 0 N–H and O–H groups in total. The highest BCUT2D eigenvalue weighted by Gasteiger charge is 1.94. The molecule has 0 saturated carbocycles. The second kappa shape index (κ2) is 5.87. The quantitative estimate of drug-likeness (QED) is 0.767. The van der Waals surface area contributed by atoms with Crippen LogP contribution in [0.1, 0.15) is 5.56 Å². The van der Waals surface area contributed by atoms with Gasteiger partial charge >= 0.3 is 0 Å². The zero-order valence-corrected chi connectivity index (χ0v) is 10.5. The second-order valence-corrected chi connectivity index (χ2v) is 3.73. The van der Waals surface area contributed by atoms with Crippen LogP contribution in [-0.2, 0) is 0 Å². The van der Waals surface area contributed by atoms with E-state index in [1.807, 2.05) is 54.7 Å². The van der Waals surface area contributed by atoms with Gasteiger partial charge in [-0.05, 0) is 42.0 Å². The highest BCUT2D eigenvalue weighted by molar-refractivity contribution is 5.82. The standard InChI is InChI=1S/C15H15NO2/c1-17-14-8-6-12(7-9-14)11-16-13-4-3-5-15(10-13)18-2/h3-11H,1-2H3/b16-11+. The van der Waals surface area contributed by atoms with Gasteiger partial charge in [0.05, 0.1) is 19.9 Å². The Morgan fingerprint density at radius 3 is 2.28 bits per heavy atom. The molecule has 92 valence electrons. The lowest BCUT2D eigenvalue weighted by atomic mass is 10.2. The Morgan fingerprint density at radius 1 is 0.889 bits per heavy atom. The molecule has 0 heterocycles. The first kappa shape index (κ1) is 12.2. The van der Waals surface area contributed by atoms with Crippen LogP contribution in [0.3, 0.4) is 0 Å². The zero-order chi connectivity index (χ0) is 12.8. The molecular formula is C15H15NO2. The minimum Gasteiger partial charge on any atom is -0.497 e. The molecule has 18 heavy (non-hydrogen) atoms. The third kappa shape index (κ3) is 3.10. The van der Waals surface area contributed by atoms with E-state index >= 15 is 0 Å². The molecule has 2 aromatic carbocycles. The van der Waals surface area contributed by atoms with Gasteiger partial charge in [0.25, 0.3) is 0 Å². The molecule has 0 aromatic heterocycles. The Labute approximate surface area is 107 Å². The maximum atomic E-state index is 5.15. The van der Waals surface area contributed by atoms with E-state index in [0.29, 0.717) is 0 Å². The largest absolute Gasteiger partial charge is 0.497 e. The van der Waals surface area contributed by atoms with E-state index in [1.54, 1.807) is 14.2 Å². The molecule has 2 aromatic rings. The summed E-state index contributed by atoms with van der Waals surface area (Å²) >= 11 is 0. The average Bonchev–Trinajstić information content (AvgIpc) is 2.46. The molecule has 3 heteroatoms. The van der Waals surface area contributed by atoms with Crippen molar-refractivity contribution in [3.63, 3.8) is 0 Å². The minimum atomic E-state index is 0.805. The molecule has 0 unspecified atom stereocenters. The normalized spacial score (nSPS) is 10.6.